The fourth-order valence-corrected chi connectivity index (χ4v) is 2.62. The van der Waals surface area contributed by atoms with Crippen molar-refractivity contribution in [2.75, 3.05) is 32.8 Å². The standard InChI is InChI=1S/C14H20BrFN2O/c1-2-18-5-6-19-13(10-18)9-17-8-11-7-12(16)3-4-14(11)15/h3-4,7,13,17H,2,5-6,8-10H2,1H3. The van der Waals surface area contributed by atoms with Gasteiger partial charge in [-0.2, -0.15) is 0 Å². The van der Waals surface area contributed by atoms with E-state index < -0.39 is 0 Å². The SMILES string of the molecule is CCN1CCOC(CNCc2cc(F)ccc2Br)C1. The highest BCUT2D eigenvalue weighted by atomic mass is 79.9. The normalized spacial score (nSPS) is 20.7. The van der Waals surface area contributed by atoms with E-state index in [1.165, 1.54) is 6.07 Å². The second-order valence-corrected chi connectivity index (χ2v) is 5.61. The third-order valence-corrected chi connectivity index (χ3v) is 4.14. The van der Waals surface area contributed by atoms with E-state index >= 15 is 0 Å². The van der Waals surface area contributed by atoms with E-state index in [1.54, 1.807) is 12.1 Å². The molecule has 0 aliphatic carbocycles. The third kappa shape index (κ3) is 4.53. The Kier molecular flexibility index (Phi) is 5.76. The summed E-state index contributed by atoms with van der Waals surface area (Å²) >= 11 is 3.43. The lowest BCUT2D eigenvalue weighted by Crippen LogP contribution is -2.46. The summed E-state index contributed by atoms with van der Waals surface area (Å²) in [6, 6.07) is 4.75. The molecule has 1 aliphatic rings. The van der Waals surface area contributed by atoms with E-state index in [2.05, 4.69) is 33.1 Å². The van der Waals surface area contributed by atoms with Crippen molar-refractivity contribution in [1.29, 1.82) is 0 Å². The zero-order chi connectivity index (χ0) is 13.7. The van der Waals surface area contributed by atoms with Crippen LogP contribution >= 0.6 is 15.9 Å². The molecule has 0 spiro atoms. The van der Waals surface area contributed by atoms with Crippen molar-refractivity contribution >= 4 is 15.9 Å². The number of benzene rings is 1. The van der Waals surface area contributed by atoms with Crippen molar-refractivity contribution in [3.05, 3.63) is 34.1 Å². The van der Waals surface area contributed by atoms with Crippen molar-refractivity contribution in [2.45, 2.75) is 19.6 Å². The number of halogens is 2. The lowest BCUT2D eigenvalue weighted by molar-refractivity contribution is -0.0253. The topological polar surface area (TPSA) is 24.5 Å². The molecule has 3 nitrogen and oxygen atoms in total. The van der Waals surface area contributed by atoms with E-state index in [1.807, 2.05) is 0 Å². The van der Waals surface area contributed by atoms with Crippen molar-refractivity contribution in [3.8, 4) is 0 Å². The maximum absolute atomic E-state index is 13.1. The average molecular weight is 331 g/mol. The Morgan fingerprint density at radius 3 is 3.16 bits per heavy atom. The Hall–Kier alpha value is -0.490. The maximum atomic E-state index is 13.1. The molecule has 1 aromatic rings. The predicted octanol–water partition coefficient (Wildman–Crippen LogP) is 2.40. The lowest BCUT2D eigenvalue weighted by atomic mass is 10.2. The zero-order valence-corrected chi connectivity index (χ0v) is 12.7. The van der Waals surface area contributed by atoms with Crippen LogP contribution in [0.5, 0.6) is 0 Å². The summed E-state index contributed by atoms with van der Waals surface area (Å²) in [5.41, 5.74) is 0.933. The van der Waals surface area contributed by atoms with Crippen molar-refractivity contribution in [2.24, 2.45) is 0 Å². The number of ether oxygens (including phenoxy) is 1. The van der Waals surface area contributed by atoms with Crippen LogP contribution in [0.15, 0.2) is 22.7 Å². The van der Waals surface area contributed by atoms with Crippen LogP contribution in [0.2, 0.25) is 0 Å². The monoisotopic (exact) mass is 330 g/mol. The van der Waals surface area contributed by atoms with Crippen molar-refractivity contribution < 1.29 is 9.13 Å². The first-order chi connectivity index (χ1) is 9.19. The van der Waals surface area contributed by atoms with Crippen LogP contribution in [-0.4, -0.2) is 43.8 Å². The summed E-state index contributed by atoms with van der Waals surface area (Å²) in [4.78, 5) is 2.38. The molecular formula is C14H20BrFN2O. The molecule has 1 N–H and O–H groups in total. The van der Waals surface area contributed by atoms with Crippen LogP contribution in [0.4, 0.5) is 4.39 Å². The van der Waals surface area contributed by atoms with Gasteiger partial charge < -0.3 is 10.1 Å². The number of nitrogens with zero attached hydrogens (tertiary/aromatic N) is 1. The van der Waals surface area contributed by atoms with E-state index in [4.69, 9.17) is 4.74 Å². The number of hydrogen-bond donors (Lipinski definition) is 1. The molecule has 19 heavy (non-hydrogen) atoms. The van der Waals surface area contributed by atoms with E-state index in [0.717, 1.165) is 42.8 Å². The summed E-state index contributed by atoms with van der Waals surface area (Å²) in [5.74, 6) is -0.203. The van der Waals surface area contributed by atoms with Gasteiger partial charge in [-0.3, -0.25) is 4.90 Å². The number of rotatable bonds is 5. The molecule has 2 rings (SSSR count). The average Bonchev–Trinajstić information content (AvgIpc) is 2.43. The molecule has 106 valence electrons. The first-order valence-corrected chi connectivity index (χ1v) is 7.47. The number of likely N-dealkylation sites (N-methyl/N-ethyl adjacent to an activating group) is 1. The second kappa shape index (κ2) is 7.33. The molecule has 0 bridgehead atoms. The molecule has 0 radical (unpaired) electrons. The van der Waals surface area contributed by atoms with Gasteiger partial charge in [0.2, 0.25) is 0 Å². The van der Waals surface area contributed by atoms with Gasteiger partial charge in [0.25, 0.3) is 0 Å². The van der Waals surface area contributed by atoms with Gasteiger partial charge in [-0.1, -0.05) is 22.9 Å². The van der Waals surface area contributed by atoms with Gasteiger partial charge in [0.05, 0.1) is 12.7 Å². The van der Waals surface area contributed by atoms with Gasteiger partial charge in [-0.05, 0) is 30.3 Å². The molecule has 1 fully saturated rings. The van der Waals surface area contributed by atoms with Crippen LogP contribution in [0.1, 0.15) is 12.5 Å². The predicted molar refractivity (Wildman–Crippen MR) is 77.7 cm³/mol. The maximum Gasteiger partial charge on any atom is 0.123 e. The smallest absolute Gasteiger partial charge is 0.123 e. The van der Waals surface area contributed by atoms with E-state index in [9.17, 15) is 4.39 Å². The number of morpholine rings is 1. The van der Waals surface area contributed by atoms with Gasteiger partial charge >= 0.3 is 0 Å². The van der Waals surface area contributed by atoms with Gasteiger partial charge in [-0.25, -0.2) is 4.39 Å². The van der Waals surface area contributed by atoms with Crippen molar-refractivity contribution in [1.82, 2.24) is 10.2 Å². The van der Waals surface area contributed by atoms with Crippen molar-refractivity contribution in [3.63, 3.8) is 0 Å². The first-order valence-electron chi connectivity index (χ1n) is 6.67. The van der Waals surface area contributed by atoms with E-state index in [-0.39, 0.29) is 11.9 Å². The van der Waals surface area contributed by atoms with Gasteiger partial charge in [-0.15, -0.1) is 0 Å². The largest absolute Gasteiger partial charge is 0.374 e. The molecule has 1 saturated heterocycles. The minimum atomic E-state index is -0.203. The minimum absolute atomic E-state index is 0.203. The second-order valence-electron chi connectivity index (χ2n) is 4.75. The third-order valence-electron chi connectivity index (χ3n) is 3.37. The van der Waals surface area contributed by atoms with Gasteiger partial charge in [0.1, 0.15) is 5.82 Å². The Labute approximate surface area is 122 Å². The molecule has 0 aromatic heterocycles. The Bertz CT molecular complexity index is 416. The Morgan fingerprint density at radius 2 is 2.37 bits per heavy atom. The summed E-state index contributed by atoms with van der Waals surface area (Å²) in [6.07, 6.45) is 0.223. The molecule has 1 unspecified atom stereocenters. The summed E-state index contributed by atoms with van der Waals surface area (Å²) in [6.45, 7) is 7.44. The first kappa shape index (κ1) is 14.9. The molecule has 0 saturated carbocycles. The highest BCUT2D eigenvalue weighted by molar-refractivity contribution is 9.10. The summed E-state index contributed by atoms with van der Waals surface area (Å²) in [5, 5.41) is 3.34. The highest BCUT2D eigenvalue weighted by Crippen LogP contribution is 2.17. The summed E-state index contributed by atoms with van der Waals surface area (Å²) < 4.78 is 19.8. The molecule has 1 aromatic carbocycles. The van der Waals surface area contributed by atoms with Gasteiger partial charge in [0.15, 0.2) is 0 Å². The number of hydrogen-bond acceptors (Lipinski definition) is 3. The fourth-order valence-electron chi connectivity index (χ4n) is 2.24. The van der Waals surface area contributed by atoms with Crippen LogP contribution in [0, 0.1) is 5.82 Å². The fraction of sp³-hybridized carbons (Fsp3) is 0.571. The van der Waals surface area contributed by atoms with Gasteiger partial charge in [0, 0.05) is 30.7 Å². The highest BCUT2D eigenvalue weighted by Gasteiger charge is 2.18. The quantitative estimate of drug-likeness (QED) is 0.897. The Morgan fingerprint density at radius 1 is 1.53 bits per heavy atom. The molecule has 1 atom stereocenters. The Balaban J connectivity index is 1.78. The molecular weight excluding hydrogens is 311 g/mol. The van der Waals surface area contributed by atoms with Crippen LogP contribution < -0.4 is 5.32 Å². The summed E-state index contributed by atoms with van der Waals surface area (Å²) in [7, 11) is 0. The lowest BCUT2D eigenvalue weighted by Gasteiger charge is -2.32. The van der Waals surface area contributed by atoms with Crippen LogP contribution in [-0.2, 0) is 11.3 Å². The minimum Gasteiger partial charge on any atom is -0.374 e. The molecule has 1 aliphatic heterocycles. The molecule has 5 heteroatoms. The van der Waals surface area contributed by atoms with Crippen LogP contribution in [0.3, 0.4) is 0 Å². The van der Waals surface area contributed by atoms with E-state index in [0.29, 0.717) is 6.54 Å². The zero-order valence-electron chi connectivity index (χ0n) is 11.2. The molecule has 0 amide bonds. The van der Waals surface area contributed by atoms with Crippen LogP contribution in [0.25, 0.3) is 0 Å². The number of nitrogens with one attached hydrogen (secondary N) is 1. The molecule has 1 heterocycles.